The number of aryl methyl sites for hydroxylation is 1. The molecule has 0 radical (unpaired) electrons. The maximum atomic E-state index is 5.11. The Balaban J connectivity index is 0.00000176. The van der Waals surface area contributed by atoms with Gasteiger partial charge >= 0.3 is 0 Å². The Bertz CT molecular complexity index is 655. The molecule has 118 valence electrons. The number of aliphatic imine (C=N–C) groups is 1. The van der Waals surface area contributed by atoms with Crippen LogP contribution in [0.1, 0.15) is 22.8 Å². The molecule has 0 amide bonds. The molecule has 6 nitrogen and oxygen atoms in total. The van der Waals surface area contributed by atoms with Crippen molar-refractivity contribution in [3.63, 3.8) is 0 Å². The van der Waals surface area contributed by atoms with Crippen molar-refractivity contribution in [3.05, 3.63) is 47.1 Å². The first kappa shape index (κ1) is 16.7. The van der Waals surface area contributed by atoms with Crippen molar-refractivity contribution < 1.29 is 4.52 Å². The number of guanidine groups is 1. The molecule has 2 heterocycles. The van der Waals surface area contributed by atoms with Crippen LogP contribution in [0.15, 0.2) is 33.8 Å². The SMILES string of the molecule is CN=C(NCc1nc(C)no1)N1CCc2ccccc2C1.I. The molecule has 0 fully saturated rings. The van der Waals surface area contributed by atoms with Crippen molar-refractivity contribution in [1.82, 2.24) is 20.4 Å². The van der Waals surface area contributed by atoms with Gasteiger partial charge in [-0.05, 0) is 24.5 Å². The highest BCUT2D eigenvalue weighted by Gasteiger charge is 2.18. The van der Waals surface area contributed by atoms with Crippen LogP contribution >= 0.6 is 24.0 Å². The minimum atomic E-state index is 0. The summed E-state index contributed by atoms with van der Waals surface area (Å²) in [6, 6.07) is 8.55. The fourth-order valence-electron chi connectivity index (χ4n) is 2.58. The van der Waals surface area contributed by atoms with E-state index >= 15 is 0 Å². The molecule has 7 heteroatoms. The van der Waals surface area contributed by atoms with Gasteiger partial charge in [-0.15, -0.1) is 24.0 Å². The van der Waals surface area contributed by atoms with E-state index in [-0.39, 0.29) is 24.0 Å². The number of hydrogen-bond acceptors (Lipinski definition) is 4. The average molecular weight is 413 g/mol. The largest absolute Gasteiger partial charge is 0.347 e. The average Bonchev–Trinajstić information content (AvgIpc) is 2.93. The van der Waals surface area contributed by atoms with E-state index in [0.29, 0.717) is 18.3 Å². The molecule has 1 aliphatic rings. The zero-order chi connectivity index (χ0) is 14.7. The quantitative estimate of drug-likeness (QED) is 0.464. The van der Waals surface area contributed by atoms with E-state index in [0.717, 1.165) is 25.5 Å². The van der Waals surface area contributed by atoms with Crippen molar-refractivity contribution in [1.29, 1.82) is 0 Å². The maximum absolute atomic E-state index is 5.11. The lowest BCUT2D eigenvalue weighted by atomic mass is 10.0. The molecule has 1 aliphatic heterocycles. The molecule has 0 unspecified atom stereocenters. The molecular formula is C15H20IN5O. The number of nitrogens with zero attached hydrogens (tertiary/aromatic N) is 4. The van der Waals surface area contributed by atoms with Gasteiger partial charge in [0.1, 0.15) is 0 Å². The zero-order valence-corrected chi connectivity index (χ0v) is 15.1. The Morgan fingerprint density at radius 3 is 2.82 bits per heavy atom. The number of halogens is 1. The van der Waals surface area contributed by atoms with E-state index < -0.39 is 0 Å². The smallest absolute Gasteiger partial charge is 0.246 e. The predicted molar refractivity (Wildman–Crippen MR) is 95.2 cm³/mol. The Kier molecular flexibility index (Phi) is 5.76. The fourth-order valence-corrected chi connectivity index (χ4v) is 2.58. The summed E-state index contributed by atoms with van der Waals surface area (Å²) in [6.45, 7) is 4.13. The molecule has 0 aliphatic carbocycles. The topological polar surface area (TPSA) is 66.5 Å². The number of aromatic nitrogens is 2. The standard InChI is InChI=1S/C15H19N5O.HI/c1-11-18-14(21-19-11)9-17-15(16-2)20-8-7-12-5-3-4-6-13(12)10-20;/h3-6H,7-10H2,1-2H3,(H,16,17);1H. The Morgan fingerprint density at radius 2 is 2.14 bits per heavy atom. The third-order valence-electron chi connectivity index (χ3n) is 3.61. The summed E-state index contributed by atoms with van der Waals surface area (Å²) in [4.78, 5) is 10.8. The summed E-state index contributed by atoms with van der Waals surface area (Å²) in [5.74, 6) is 2.08. The van der Waals surface area contributed by atoms with Crippen LogP contribution in [0.5, 0.6) is 0 Å². The van der Waals surface area contributed by atoms with Crippen LogP contribution in [-0.2, 0) is 19.5 Å². The Morgan fingerprint density at radius 1 is 1.36 bits per heavy atom. The monoisotopic (exact) mass is 413 g/mol. The summed E-state index contributed by atoms with van der Waals surface area (Å²) in [5.41, 5.74) is 2.79. The Labute approximate surface area is 147 Å². The first-order valence-electron chi connectivity index (χ1n) is 7.08. The third-order valence-corrected chi connectivity index (χ3v) is 3.61. The molecule has 0 saturated carbocycles. The van der Waals surface area contributed by atoms with Gasteiger partial charge in [0, 0.05) is 20.1 Å². The molecule has 1 aromatic heterocycles. The van der Waals surface area contributed by atoms with Gasteiger partial charge < -0.3 is 14.7 Å². The summed E-state index contributed by atoms with van der Waals surface area (Å²) >= 11 is 0. The van der Waals surface area contributed by atoms with Crippen molar-refractivity contribution in [2.75, 3.05) is 13.6 Å². The summed E-state index contributed by atoms with van der Waals surface area (Å²) in [7, 11) is 1.79. The van der Waals surface area contributed by atoms with Gasteiger partial charge in [0.05, 0.1) is 6.54 Å². The van der Waals surface area contributed by atoms with Crippen molar-refractivity contribution in [3.8, 4) is 0 Å². The van der Waals surface area contributed by atoms with Crippen LogP contribution in [0, 0.1) is 6.92 Å². The molecule has 22 heavy (non-hydrogen) atoms. The van der Waals surface area contributed by atoms with E-state index in [9.17, 15) is 0 Å². The lowest BCUT2D eigenvalue weighted by Crippen LogP contribution is -2.43. The molecule has 1 N–H and O–H groups in total. The van der Waals surface area contributed by atoms with Crippen LogP contribution in [0.2, 0.25) is 0 Å². The molecular weight excluding hydrogens is 393 g/mol. The van der Waals surface area contributed by atoms with E-state index in [2.05, 4.69) is 49.6 Å². The van der Waals surface area contributed by atoms with Crippen LogP contribution in [0.25, 0.3) is 0 Å². The molecule has 1 aromatic carbocycles. The van der Waals surface area contributed by atoms with Crippen LogP contribution in [0.3, 0.4) is 0 Å². The second-order valence-corrected chi connectivity index (χ2v) is 5.08. The lowest BCUT2D eigenvalue weighted by molar-refractivity contribution is 0.355. The van der Waals surface area contributed by atoms with Gasteiger partial charge in [0.15, 0.2) is 11.8 Å². The van der Waals surface area contributed by atoms with E-state index in [4.69, 9.17) is 4.52 Å². The summed E-state index contributed by atoms with van der Waals surface area (Å²) in [6.07, 6.45) is 1.04. The normalized spacial score (nSPS) is 14.3. The number of benzene rings is 1. The van der Waals surface area contributed by atoms with E-state index in [1.165, 1.54) is 11.1 Å². The number of nitrogens with one attached hydrogen (secondary N) is 1. The van der Waals surface area contributed by atoms with Gasteiger partial charge in [-0.25, -0.2) is 0 Å². The zero-order valence-electron chi connectivity index (χ0n) is 12.7. The molecule has 0 spiro atoms. The van der Waals surface area contributed by atoms with Gasteiger partial charge in [0.25, 0.3) is 0 Å². The number of fused-ring (bicyclic) bond motifs is 1. The van der Waals surface area contributed by atoms with Crippen molar-refractivity contribution in [2.24, 2.45) is 4.99 Å². The third kappa shape index (κ3) is 3.76. The molecule has 0 saturated heterocycles. The fraction of sp³-hybridized carbons (Fsp3) is 0.400. The van der Waals surface area contributed by atoms with Crippen LogP contribution < -0.4 is 5.32 Å². The van der Waals surface area contributed by atoms with Crippen molar-refractivity contribution in [2.45, 2.75) is 26.4 Å². The highest BCUT2D eigenvalue weighted by atomic mass is 127. The van der Waals surface area contributed by atoms with Gasteiger partial charge in [-0.1, -0.05) is 29.4 Å². The highest BCUT2D eigenvalue weighted by molar-refractivity contribution is 14.0. The van der Waals surface area contributed by atoms with E-state index in [1.54, 1.807) is 7.05 Å². The van der Waals surface area contributed by atoms with Crippen molar-refractivity contribution >= 4 is 29.9 Å². The number of hydrogen-bond donors (Lipinski definition) is 1. The van der Waals surface area contributed by atoms with Gasteiger partial charge in [-0.3, -0.25) is 4.99 Å². The van der Waals surface area contributed by atoms with Crippen LogP contribution in [0.4, 0.5) is 0 Å². The molecule has 3 rings (SSSR count). The van der Waals surface area contributed by atoms with Crippen LogP contribution in [-0.4, -0.2) is 34.6 Å². The van der Waals surface area contributed by atoms with Gasteiger partial charge in [-0.2, -0.15) is 4.98 Å². The maximum Gasteiger partial charge on any atom is 0.246 e. The van der Waals surface area contributed by atoms with Gasteiger partial charge in [0.2, 0.25) is 5.89 Å². The first-order chi connectivity index (χ1) is 10.3. The summed E-state index contributed by atoms with van der Waals surface area (Å²) in [5, 5.41) is 7.06. The minimum Gasteiger partial charge on any atom is -0.347 e. The number of rotatable bonds is 2. The lowest BCUT2D eigenvalue weighted by Gasteiger charge is -2.31. The summed E-state index contributed by atoms with van der Waals surface area (Å²) < 4.78 is 5.11. The Hall–Kier alpha value is -1.64. The highest BCUT2D eigenvalue weighted by Crippen LogP contribution is 2.18. The predicted octanol–water partition coefficient (Wildman–Crippen LogP) is 2.13. The van der Waals surface area contributed by atoms with E-state index in [1.807, 2.05) is 6.92 Å². The minimum absolute atomic E-state index is 0. The first-order valence-corrected chi connectivity index (χ1v) is 7.08. The second kappa shape index (κ2) is 7.57. The molecule has 2 aromatic rings. The molecule has 0 bridgehead atoms. The second-order valence-electron chi connectivity index (χ2n) is 5.08. The molecule has 0 atom stereocenters.